The van der Waals surface area contributed by atoms with Crippen LogP contribution >= 0.6 is 0 Å². The molecule has 3 rings (SSSR count). The minimum Gasteiger partial charge on any atom is -0.495 e. The number of amides is 1. The Morgan fingerprint density at radius 2 is 1.96 bits per heavy atom. The monoisotopic (exact) mass is 350 g/mol. The molecule has 2 aromatic carbocycles. The standard InChI is InChI=1S/C15H14N2O6S/c1-21-13-5-3-2-4-12(13)17-9-10-6-7-11(23-24(16,19)20)8-14(10)22-15(17)18/h2-8H,9H2,1H3,(H2,16,19,20). The Bertz CT molecular complexity index is 897. The molecule has 0 unspecified atom stereocenters. The molecule has 24 heavy (non-hydrogen) atoms. The van der Waals surface area contributed by atoms with E-state index in [0.29, 0.717) is 17.0 Å². The Morgan fingerprint density at radius 1 is 1.21 bits per heavy atom. The molecule has 0 aromatic heterocycles. The Balaban J connectivity index is 1.92. The van der Waals surface area contributed by atoms with Crippen molar-refractivity contribution in [2.24, 2.45) is 5.14 Å². The molecule has 0 atom stereocenters. The van der Waals surface area contributed by atoms with Gasteiger partial charge in [0.25, 0.3) is 0 Å². The number of nitrogens with zero attached hydrogens (tertiary/aromatic N) is 1. The normalized spacial score (nSPS) is 13.9. The topological polar surface area (TPSA) is 108 Å². The second-order valence-corrected chi connectivity index (χ2v) is 6.12. The molecule has 9 heteroatoms. The molecule has 1 heterocycles. The lowest BCUT2D eigenvalue weighted by atomic mass is 10.1. The summed E-state index contributed by atoms with van der Waals surface area (Å²) in [4.78, 5) is 13.7. The van der Waals surface area contributed by atoms with Gasteiger partial charge in [-0.3, -0.25) is 4.90 Å². The minimum atomic E-state index is -4.15. The number of hydrogen-bond acceptors (Lipinski definition) is 6. The summed E-state index contributed by atoms with van der Waals surface area (Å²) in [5, 5.41) is 4.82. The van der Waals surface area contributed by atoms with Gasteiger partial charge in [0, 0.05) is 11.6 Å². The number of hydrogen-bond donors (Lipinski definition) is 1. The van der Waals surface area contributed by atoms with Gasteiger partial charge in [0.05, 0.1) is 19.3 Å². The van der Waals surface area contributed by atoms with Gasteiger partial charge in [-0.2, -0.15) is 13.6 Å². The van der Waals surface area contributed by atoms with Crippen LogP contribution in [0.5, 0.6) is 17.2 Å². The van der Waals surface area contributed by atoms with Crippen molar-refractivity contribution >= 4 is 22.1 Å². The molecule has 0 radical (unpaired) electrons. The summed E-state index contributed by atoms with van der Waals surface area (Å²) in [6, 6.07) is 11.4. The third kappa shape index (κ3) is 3.26. The van der Waals surface area contributed by atoms with Crippen molar-refractivity contribution in [3.63, 3.8) is 0 Å². The maximum Gasteiger partial charge on any atom is 0.420 e. The van der Waals surface area contributed by atoms with Crippen molar-refractivity contribution in [1.82, 2.24) is 0 Å². The van der Waals surface area contributed by atoms with Crippen LogP contribution in [0.25, 0.3) is 0 Å². The molecular weight excluding hydrogens is 336 g/mol. The van der Waals surface area contributed by atoms with E-state index in [2.05, 4.69) is 4.18 Å². The molecular formula is C15H14N2O6S. The fourth-order valence-corrected chi connectivity index (χ4v) is 2.74. The highest BCUT2D eigenvalue weighted by Crippen LogP contribution is 2.36. The number of methoxy groups -OCH3 is 1. The molecule has 0 fully saturated rings. The predicted molar refractivity (Wildman–Crippen MR) is 85.4 cm³/mol. The first-order valence-electron chi connectivity index (χ1n) is 6.85. The lowest BCUT2D eigenvalue weighted by molar-refractivity contribution is 0.202. The highest BCUT2D eigenvalue weighted by molar-refractivity contribution is 7.84. The van der Waals surface area contributed by atoms with Crippen molar-refractivity contribution in [3.05, 3.63) is 48.0 Å². The van der Waals surface area contributed by atoms with E-state index < -0.39 is 16.4 Å². The quantitative estimate of drug-likeness (QED) is 0.901. The molecule has 0 aliphatic carbocycles. The molecule has 126 valence electrons. The molecule has 8 nitrogen and oxygen atoms in total. The van der Waals surface area contributed by atoms with Gasteiger partial charge in [0.1, 0.15) is 17.2 Å². The number of para-hydroxylation sites is 2. The van der Waals surface area contributed by atoms with E-state index in [-0.39, 0.29) is 18.0 Å². The first-order valence-corrected chi connectivity index (χ1v) is 8.32. The second-order valence-electron chi connectivity index (χ2n) is 4.97. The van der Waals surface area contributed by atoms with Crippen molar-refractivity contribution in [2.45, 2.75) is 6.54 Å². The van der Waals surface area contributed by atoms with Gasteiger partial charge in [0.15, 0.2) is 0 Å². The summed E-state index contributed by atoms with van der Waals surface area (Å²) in [6.07, 6.45) is -0.611. The van der Waals surface area contributed by atoms with Crippen LogP contribution in [0.3, 0.4) is 0 Å². The molecule has 1 aliphatic rings. The molecule has 1 amide bonds. The zero-order valence-corrected chi connectivity index (χ0v) is 13.4. The molecule has 1 aliphatic heterocycles. The van der Waals surface area contributed by atoms with Crippen LogP contribution in [0.4, 0.5) is 10.5 Å². The van der Waals surface area contributed by atoms with E-state index in [4.69, 9.17) is 14.6 Å². The number of fused-ring (bicyclic) bond motifs is 1. The number of rotatable bonds is 4. The second kappa shape index (κ2) is 6.02. The average molecular weight is 350 g/mol. The molecule has 0 saturated carbocycles. The fraction of sp³-hybridized carbons (Fsp3) is 0.133. The van der Waals surface area contributed by atoms with Gasteiger partial charge in [0.2, 0.25) is 0 Å². The van der Waals surface area contributed by atoms with Crippen LogP contribution < -0.4 is 23.7 Å². The highest BCUT2D eigenvalue weighted by atomic mass is 32.2. The maximum absolute atomic E-state index is 12.3. The fourth-order valence-electron chi connectivity index (χ4n) is 2.37. The first kappa shape index (κ1) is 16.1. The van der Waals surface area contributed by atoms with Crippen molar-refractivity contribution in [1.29, 1.82) is 0 Å². The highest BCUT2D eigenvalue weighted by Gasteiger charge is 2.28. The minimum absolute atomic E-state index is 0.0326. The SMILES string of the molecule is COc1ccccc1N1Cc2ccc(OS(N)(=O)=O)cc2OC1=O. The number of ether oxygens (including phenoxy) is 2. The maximum atomic E-state index is 12.3. The van der Waals surface area contributed by atoms with Crippen LogP contribution in [-0.2, 0) is 16.8 Å². The summed E-state index contributed by atoms with van der Waals surface area (Å²) >= 11 is 0. The van der Waals surface area contributed by atoms with Crippen LogP contribution in [0, 0.1) is 0 Å². The van der Waals surface area contributed by atoms with Crippen LogP contribution in [0.1, 0.15) is 5.56 Å². The number of anilines is 1. The van der Waals surface area contributed by atoms with Gasteiger partial charge in [-0.15, -0.1) is 0 Å². The van der Waals surface area contributed by atoms with E-state index in [1.54, 1.807) is 30.3 Å². The Hall–Kier alpha value is -2.78. The van der Waals surface area contributed by atoms with Gasteiger partial charge in [-0.25, -0.2) is 4.79 Å². The molecule has 2 aromatic rings. The zero-order valence-electron chi connectivity index (χ0n) is 12.6. The summed E-state index contributed by atoms with van der Waals surface area (Å²) in [7, 11) is -2.63. The zero-order chi connectivity index (χ0) is 17.3. The van der Waals surface area contributed by atoms with Gasteiger partial charge >= 0.3 is 16.4 Å². The average Bonchev–Trinajstić information content (AvgIpc) is 2.52. The largest absolute Gasteiger partial charge is 0.495 e. The van der Waals surface area contributed by atoms with Crippen molar-refractivity contribution in [2.75, 3.05) is 12.0 Å². The smallest absolute Gasteiger partial charge is 0.420 e. The molecule has 2 N–H and O–H groups in total. The Morgan fingerprint density at radius 3 is 2.67 bits per heavy atom. The number of carbonyl (C=O) groups is 1. The third-order valence-corrected chi connectivity index (χ3v) is 3.80. The lowest BCUT2D eigenvalue weighted by Gasteiger charge is -2.29. The van der Waals surface area contributed by atoms with Gasteiger partial charge < -0.3 is 13.7 Å². The summed E-state index contributed by atoms with van der Waals surface area (Å²) < 4.78 is 37.0. The predicted octanol–water partition coefficient (Wildman–Crippen LogP) is 1.80. The number of carbonyl (C=O) groups excluding carboxylic acids is 1. The Kier molecular flexibility index (Phi) is 4.04. The summed E-state index contributed by atoms with van der Waals surface area (Å²) in [6.45, 7) is 0.240. The van der Waals surface area contributed by atoms with Crippen molar-refractivity contribution < 1.29 is 26.9 Å². The van der Waals surface area contributed by atoms with Crippen molar-refractivity contribution in [3.8, 4) is 17.2 Å². The molecule has 0 spiro atoms. The van der Waals surface area contributed by atoms with Crippen LogP contribution in [0.2, 0.25) is 0 Å². The third-order valence-electron chi connectivity index (χ3n) is 3.37. The van der Waals surface area contributed by atoms with E-state index in [1.807, 2.05) is 0 Å². The van der Waals surface area contributed by atoms with E-state index in [1.165, 1.54) is 24.1 Å². The van der Waals surface area contributed by atoms with Gasteiger partial charge in [-0.1, -0.05) is 12.1 Å². The van der Waals surface area contributed by atoms with Crippen LogP contribution in [-0.4, -0.2) is 21.6 Å². The van der Waals surface area contributed by atoms with Crippen LogP contribution in [0.15, 0.2) is 42.5 Å². The number of benzene rings is 2. The molecule has 0 bridgehead atoms. The van der Waals surface area contributed by atoms with E-state index >= 15 is 0 Å². The lowest BCUT2D eigenvalue weighted by Crippen LogP contribution is -2.37. The van der Waals surface area contributed by atoms with E-state index in [0.717, 1.165) is 0 Å². The van der Waals surface area contributed by atoms with E-state index in [9.17, 15) is 13.2 Å². The molecule has 0 saturated heterocycles. The Labute approximate surface area is 138 Å². The first-order chi connectivity index (χ1) is 11.4. The summed E-state index contributed by atoms with van der Waals surface area (Å²) in [5.74, 6) is 0.717. The summed E-state index contributed by atoms with van der Waals surface area (Å²) in [5.41, 5.74) is 1.25. The number of nitrogens with two attached hydrogens (primary N) is 1. The van der Waals surface area contributed by atoms with Gasteiger partial charge in [-0.05, 0) is 24.3 Å².